The molecule has 1 aromatic rings. The van der Waals surface area contributed by atoms with Gasteiger partial charge in [0.25, 0.3) is 0 Å². The molecule has 0 aromatic carbocycles. The van der Waals surface area contributed by atoms with E-state index in [1.807, 2.05) is 12.3 Å². The highest BCUT2D eigenvalue weighted by Gasteiger charge is 2.30. The Hall–Kier alpha value is -2.15. The second kappa shape index (κ2) is 10.2. The van der Waals surface area contributed by atoms with Crippen LogP contribution in [-0.2, 0) is 15.9 Å². The molecule has 0 spiro atoms. The van der Waals surface area contributed by atoms with E-state index in [1.165, 1.54) is 5.56 Å². The number of fused-ring (bicyclic) bond motifs is 1. The van der Waals surface area contributed by atoms with Gasteiger partial charge in [-0.25, -0.2) is 14.5 Å². The smallest absolute Gasteiger partial charge is 0.419 e. The maximum atomic E-state index is 12.5. The Kier molecular flexibility index (Phi) is 8.24. The van der Waals surface area contributed by atoms with Crippen LogP contribution in [-0.4, -0.2) is 46.4 Å². The molecule has 1 aliphatic rings. The highest BCUT2D eigenvalue weighted by atomic mass is 16.6. The van der Waals surface area contributed by atoms with E-state index in [-0.39, 0.29) is 12.6 Å². The topological polar surface area (TPSA) is 80.8 Å². The van der Waals surface area contributed by atoms with Gasteiger partial charge in [0.2, 0.25) is 0 Å². The number of aromatic nitrogens is 1. The molecule has 0 bridgehead atoms. The summed E-state index contributed by atoms with van der Waals surface area (Å²) in [7, 11) is 0. The lowest BCUT2D eigenvalue weighted by molar-refractivity contribution is 0.00120. The zero-order chi connectivity index (χ0) is 22.4. The van der Waals surface area contributed by atoms with Crippen molar-refractivity contribution in [3.05, 3.63) is 29.6 Å². The second-order valence-electron chi connectivity index (χ2n) is 9.77. The van der Waals surface area contributed by atoms with Gasteiger partial charge in [-0.1, -0.05) is 6.07 Å². The summed E-state index contributed by atoms with van der Waals surface area (Å²) < 4.78 is 10.8. The van der Waals surface area contributed by atoms with Crippen molar-refractivity contribution in [2.24, 2.45) is 0 Å². The van der Waals surface area contributed by atoms with Crippen molar-refractivity contribution < 1.29 is 19.1 Å². The molecule has 1 heterocycles. The molecule has 0 saturated heterocycles. The lowest BCUT2D eigenvalue weighted by Gasteiger charge is -2.28. The van der Waals surface area contributed by atoms with Crippen LogP contribution in [0.25, 0.3) is 0 Å². The predicted molar refractivity (Wildman–Crippen MR) is 116 cm³/mol. The van der Waals surface area contributed by atoms with Gasteiger partial charge < -0.3 is 14.8 Å². The third-order valence-corrected chi connectivity index (χ3v) is 4.62. The highest BCUT2D eigenvalue weighted by molar-refractivity contribution is 5.88. The lowest BCUT2D eigenvalue weighted by Crippen LogP contribution is -2.44. The normalized spacial score (nSPS) is 16.5. The summed E-state index contributed by atoms with van der Waals surface area (Å²) in [4.78, 5) is 30.6. The van der Waals surface area contributed by atoms with E-state index >= 15 is 0 Å². The van der Waals surface area contributed by atoms with Crippen LogP contribution in [0.1, 0.15) is 84.5 Å². The summed E-state index contributed by atoms with van der Waals surface area (Å²) in [5.41, 5.74) is 1.11. The fourth-order valence-corrected chi connectivity index (χ4v) is 3.37. The van der Waals surface area contributed by atoms with E-state index < -0.39 is 23.4 Å². The van der Waals surface area contributed by atoms with Crippen molar-refractivity contribution in [3.8, 4) is 0 Å². The van der Waals surface area contributed by atoms with Crippen molar-refractivity contribution in [1.82, 2.24) is 15.2 Å². The zero-order valence-electron chi connectivity index (χ0n) is 19.3. The van der Waals surface area contributed by atoms with Gasteiger partial charge in [-0.3, -0.25) is 4.98 Å². The molecule has 1 atom stereocenters. The fourth-order valence-electron chi connectivity index (χ4n) is 3.37. The first kappa shape index (κ1) is 24.1. The number of hydrogen-bond donors (Lipinski definition) is 1. The Labute approximate surface area is 180 Å². The standard InChI is InChI=1S/C23H37N3O4/c1-22(2,3)29-20(27)26(21(28)30-23(4,5)6)16-8-7-14-24-18-13-9-11-17-12-10-15-25-19(17)18/h10,12,15,18,24H,7-9,11,13-14,16H2,1-6H3/t18-/m0/s1. The van der Waals surface area contributed by atoms with Crippen molar-refractivity contribution in [2.45, 2.75) is 90.9 Å². The molecule has 168 valence electrons. The van der Waals surface area contributed by atoms with Crippen molar-refractivity contribution in [3.63, 3.8) is 0 Å². The van der Waals surface area contributed by atoms with E-state index in [1.54, 1.807) is 41.5 Å². The molecule has 7 heteroatoms. The number of carbonyl (C=O) groups is 2. The molecule has 0 unspecified atom stereocenters. The van der Waals surface area contributed by atoms with Crippen molar-refractivity contribution in [2.75, 3.05) is 13.1 Å². The van der Waals surface area contributed by atoms with Crippen molar-refractivity contribution in [1.29, 1.82) is 0 Å². The van der Waals surface area contributed by atoms with Gasteiger partial charge in [0.05, 0.1) is 5.69 Å². The Bertz CT molecular complexity index is 694. The van der Waals surface area contributed by atoms with Crippen LogP contribution in [0.3, 0.4) is 0 Å². The summed E-state index contributed by atoms with van der Waals surface area (Å²) >= 11 is 0. The van der Waals surface area contributed by atoms with E-state index in [9.17, 15) is 9.59 Å². The summed E-state index contributed by atoms with van der Waals surface area (Å²) in [5.74, 6) is 0. The molecule has 0 fully saturated rings. The average Bonchev–Trinajstić information content (AvgIpc) is 2.61. The Morgan fingerprint density at radius 1 is 1.10 bits per heavy atom. The number of amides is 2. The molecule has 30 heavy (non-hydrogen) atoms. The Balaban J connectivity index is 1.86. The molecule has 0 saturated carbocycles. The maximum absolute atomic E-state index is 12.5. The third-order valence-electron chi connectivity index (χ3n) is 4.62. The quantitative estimate of drug-likeness (QED) is 0.654. The number of nitrogens with one attached hydrogen (secondary N) is 1. The summed E-state index contributed by atoms with van der Waals surface area (Å²) in [5, 5.41) is 3.57. The van der Waals surface area contributed by atoms with Gasteiger partial charge >= 0.3 is 12.2 Å². The molecule has 2 amide bonds. The molecule has 7 nitrogen and oxygen atoms in total. The SMILES string of the molecule is CC(C)(C)OC(=O)N(CCCCN[C@H]1CCCc2cccnc21)C(=O)OC(C)(C)C. The summed E-state index contributed by atoms with van der Waals surface area (Å²) in [6, 6.07) is 4.40. The van der Waals surface area contributed by atoms with Crippen LogP contribution in [0, 0.1) is 0 Å². The molecule has 0 aliphatic heterocycles. The van der Waals surface area contributed by atoms with E-state index in [2.05, 4.69) is 16.4 Å². The number of carbonyl (C=O) groups excluding carboxylic acids is 2. The van der Waals surface area contributed by atoms with Gasteiger partial charge in [0.1, 0.15) is 11.2 Å². The number of hydrogen-bond acceptors (Lipinski definition) is 6. The van der Waals surface area contributed by atoms with Crippen LogP contribution < -0.4 is 5.32 Å². The van der Waals surface area contributed by atoms with E-state index in [4.69, 9.17) is 9.47 Å². The number of pyridine rings is 1. The molecular weight excluding hydrogens is 382 g/mol. The van der Waals surface area contributed by atoms with Gasteiger partial charge in [0.15, 0.2) is 0 Å². The minimum Gasteiger partial charge on any atom is -0.443 e. The minimum absolute atomic E-state index is 0.255. The monoisotopic (exact) mass is 419 g/mol. The maximum Gasteiger partial charge on any atom is 0.419 e. The number of rotatable bonds is 6. The molecule has 0 radical (unpaired) electrons. The highest BCUT2D eigenvalue weighted by Crippen LogP contribution is 2.27. The van der Waals surface area contributed by atoms with Crippen molar-refractivity contribution >= 4 is 12.2 Å². The lowest BCUT2D eigenvalue weighted by atomic mass is 9.92. The van der Waals surface area contributed by atoms with Gasteiger partial charge in [-0.2, -0.15) is 0 Å². The number of aryl methyl sites for hydroxylation is 1. The fraction of sp³-hybridized carbons (Fsp3) is 0.696. The summed E-state index contributed by atoms with van der Waals surface area (Å²) in [6.07, 6.45) is 5.30. The Morgan fingerprint density at radius 2 is 1.73 bits per heavy atom. The first-order valence-corrected chi connectivity index (χ1v) is 10.9. The van der Waals surface area contributed by atoms with Crippen LogP contribution >= 0.6 is 0 Å². The molecule has 2 rings (SSSR count). The number of nitrogens with zero attached hydrogens (tertiary/aromatic N) is 2. The number of imide groups is 1. The largest absolute Gasteiger partial charge is 0.443 e. The second-order valence-corrected chi connectivity index (χ2v) is 9.77. The molecule has 1 aliphatic carbocycles. The van der Waals surface area contributed by atoms with Gasteiger partial charge in [-0.05, 0) is 91.8 Å². The van der Waals surface area contributed by atoms with E-state index in [0.29, 0.717) is 6.42 Å². The molecular formula is C23H37N3O4. The Morgan fingerprint density at radius 3 is 2.33 bits per heavy atom. The number of unbranched alkanes of at least 4 members (excludes halogenated alkanes) is 1. The first-order valence-electron chi connectivity index (χ1n) is 10.9. The predicted octanol–water partition coefficient (Wildman–Crippen LogP) is 5.00. The van der Waals surface area contributed by atoms with Crippen LogP contribution in [0.4, 0.5) is 9.59 Å². The van der Waals surface area contributed by atoms with Gasteiger partial charge in [-0.15, -0.1) is 0 Å². The number of ether oxygens (including phenoxy) is 2. The minimum atomic E-state index is -0.680. The average molecular weight is 420 g/mol. The van der Waals surface area contributed by atoms with Crippen LogP contribution in [0.2, 0.25) is 0 Å². The third kappa shape index (κ3) is 7.94. The van der Waals surface area contributed by atoms with Crippen LogP contribution in [0.5, 0.6) is 0 Å². The van der Waals surface area contributed by atoms with Gasteiger partial charge in [0, 0.05) is 18.8 Å². The molecule has 1 N–H and O–H groups in total. The van der Waals surface area contributed by atoms with Crippen LogP contribution in [0.15, 0.2) is 18.3 Å². The molecule has 1 aromatic heterocycles. The zero-order valence-corrected chi connectivity index (χ0v) is 19.3. The van der Waals surface area contributed by atoms with E-state index in [0.717, 1.165) is 42.8 Å². The first-order chi connectivity index (χ1) is 14.0. The summed E-state index contributed by atoms with van der Waals surface area (Å²) in [6.45, 7) is 11.7.